The largest absolute Gasteiger partial charge is 0.394 e. The third kappa shape index (κ3) is 2.01. The zero-order chi connectivity index (χ0) is 14.4. The molecule has 1 aromatic rings. The van der Waals surface area contributed by atoms with E-state index in [9.17, 15) is 14.7 Å². The van der Waals surface area contributed by atoms with Crippen LogP contribution in [0.4, 0.5) is 0 Å². The number of rotatable bonds is 2. The topological polar surface area (TPSA) is 103 Å². The van der Waals surface area contributed by atoms with Crippen molar-refractivity contribution in [2.24, 2.45) is 0 Å². The second-order valence-electron chi connectivity index (χ2n) is 5.00. The van der Waals surface area contributed by atoms with E-state index in [0.29, 0.717) is 5.56 Å². The first-order valence-corrected chi connectivity index (χ1v) is 6.40. The molecular weight excluding hydrogens is 268 g/mol. The van der Waals surface area contributed by atoms with Crippen LogP contribution in [0.3, 0.4) is 0 Å². The first-order chi connectivity index (χ1) is 9.51. The quantitative estimate of drug-likeness (QED) is 0.712. The van der Waals surface area contributed by atoms with Crippen molar-refractivity contribution in [3.05, 3.63) is 32.6 Å². The van der Waals surface area contributed by atoms with Gasteiger partial charge < -0.3 is 19.3 Å². The van der Waals surface area contributed by atoms with Gasteiger partial charge in [0.25, 0.3) is 5.56 Å². The Morgan fingerprint density at radius 1 is 1.30 bits per heavy atom. The molecule has 2 N–H and O–H groups in total. The van der Waals surface area contributed by atoms with Crippen LogP contribution in [0.15, 0.2) is 15.8 Å². The second-order valence-corrected chi connectivity index (χ2v) is 5.00. The summed E-state index contributed by atoms with van der Waals surface area (Å²) in [6.45, 7) is 3.11. The summed E-state index contributed by atoms with van der Waals surface area (Å²) in [5.41, 5.74) is -0.619. The highest BCUT2D eigenvalue weighted by atomic mass is 16.8. The Balaban J connectivity index is 2.00. The van der Waals surface area contributed by atoms with E-state index in [1.54, 1.807) is 13.8 Å². The minimum atomic E-state index is -0.731. The first kappa shape index (κ1) is 13.5. The molecule has 110 valence electrons. The molecule has 0 spiro atoms. The van der Waals surface area contributed by atoms with Gasteiger partial charge in [0.1, 0.15) is 18.3 Å². The number of H-pyrrole nitrogens is 1. The van der Waals surface area contributed by atoms with E-state index in [-0.39, 0.29) is 6.61 Å². The molecule has 8 heteroatoms. The molecular formula is C12H16N2O6. The van der Waals surface area contributed by atoms with Gasteiger partial charge in [0.05, 0.1) is 6.61 Å². The van der Waals surface area contributed by atoms with Crippen molar-refractivity contribution in [1.82, 2.24) is 9.55 Å². The number of nitrogens with zero attached hydrogens (tertiary/aromatic N) is 1. The van der Waals surface area contributed by atoms with Gasteiger partial charge in [-0.2, -0.15) is 0 Å². The molecule has 0 amide bonds. The smallest absolute Gasteiger partial charge is 0.330 e. The second kappa shape index (κ2) is 4.81. The number of aromatic amines is 1. The highest BCUT2D eigenvalue weighted by Crippen LogP contribution is 2.38. The van der Waals surface area contributed by atoms with Gasteiger partial charge in [-0.1, -0.05) is 0 Å². The van der Waals surface area contributed by atoms with Crippen LogP contribution in [-0.4, -0.2) is 45.9 Å². The molecule has 3 rings (SSSR count). The summed E-state index contributed by atoms with van der Waals surface area (Å²) >= 11 is 0. The minimum Gasteiger partial charge on any atom is -0.394 e. The number of hydrogen-bond acceptors (Lipinski definition) is 6. The third-order valence-corrected chi connectivity index (χ3v) is 3.58. The molecule has 2 saturated heterocycles. The Morgan fingerprint density at radius 3 is 2.70 bits per heavy atom. The summed E-state index contributed by atoms with van der Waals surface area (Å²) < 4.78 is 18.0. The number of aromatic nitrogens is 2. The van der Waals surface area contributed by atoms with Gasteiger partial charge in [0, 0.05) is 11.8 Å². The molecule has 2 aliphatic rings. The van der Waals surface area contributed by atoms with Crippen LogP contribution < -0.4 is 11.2 Å². The van der Waals surface area contributed by atoms with E-state index >= 15 is 0 Å². The summed E-state index contributed by atoms with van der Waals surface area (Å²) in [7, 11) is 0. The fourth-order valence-corrected chi connectivity index (χ4v) is 2.64. The highest BCUT2D eigenvalue weighted by molar-refractivity contribution is 5.04. The van der Waals surface area contributed by atoms with Crippen LogP contribution >= 0.6 is 0 Å². The predicted molar refractivity (Wildman–Crippen MR) is 66.3 cm³/mol. The van der Waals surface area contributed by atoms with E-state index in [1.165, 1.54) is 10.8 Å². The lowest BCUT2D eigenvalue weighted by Crippen LogP contribution is -2.37. The monoisotopic (exact) mass is 284 g/mol. The Hall–Kier alpha value is -1.48. The molecule has 0 bridgehead atoms. The molecule has 8 nitrogen and oxygen atoms in total. The van der Waals surface area contributed by atoms with Crippen LogP contribution in [0.5, 0.6) is 0 Å². The lowest BCUT2D eigenvalue weighted by molar-refractivity contribution is -0.145. The predicted octanol–water partition coefficient (Wildman–Crippen LogP) is -1.14. The number of ether oxygens (including phenoxy) is 3. The maximum atomic E-state index is 11.9. The lowest BCUT2D eigenvalue weighted by Gasteiger charge is -2.19. The molecule has 0 radical (unpaired) electrons. The number of nitrogens with one attached hydrogen (secondary N) is 1. The minimum absolute atomic E-state index is 0.231. The van der Waals surface area contributed by atoms with Gasteiger partial charge in [0.15, 0.2) is 12.5 Å². The van der Waals surface area contributed by atoms with Gasteiger partial charge in [-0.15, -0.1) is 0 Å². The van der Waals surface area contributed by atoms with Crippen molar-refractivity contribution in [3.63, 3.8) is 0 Å². The summed E-state index contributed by atoms with van der Waals surface area (Å²) in [6, 6.07) is 0. The summed E-state index contributed by atoms with van der Waals surface area (Å²) in [5.74, 6) is 0. The number of aryl methyl sites for hydroxylation is 1. The fourth-order valence-electron chi connectivity index (χ4n) is 2.64. The van der Waals surface area contributed by atoms with Crippen molar-refractivity contribution < 1.29 is 19.3 Å². The van der Waals surface area contributed by atoms with Crippen molar-refractivity contribution in [1.29, 1.82) is 0 Å². The maximum absolute atomic E-state index is 11.9. The Labute approximate surface area is 113 Å². The van der Waals surface area contributed by atoms with Crippen LogP contribution in [0.25, 0.3) is 0 Å². The number of hydrogen-bond donors (Lipinski definition) is 2. The van der Waals surface area contributed by atoms with E-state index in [0.717, 1.165) is 0 Å². The SMILES string of the molecule is Cc1cn([C@@H]2O[C@H](CO)[C@H]3OC(C)O[C@H]32)c(=O)[nH]c1=O. The summed E-state index contributed by atoms with van der Waals surface area (Å²) in [4.78, 5) is 25.5. The Morgan fingerprint density at radius 2 is 2.00 bits per heavy atom. The molecule has 0 aromatic carbocycles. The van der Waals surface area contributed by atoms with Gasteiger partial charge in [-0.3, -0.25) is 14.3 Å². The molecule has 0 saturated carbocycles. The molecule has 1 unspecified atom stereocenters. The van der Waals surface area contributed by atoms with Crippen molar-refractivity contribution >= 4 is 0 Å². The molecule has 1 aromatic heterocycles. The lowest BCUT2D eigenvalue weighted by atomic mass is 10.1. The van der Waals surface area contributed by atoms with E-state index in [2.05, 4.69) is 4.98 Å². The van der Waals surface area contributed by atoms with Gasteiger partial charge in [-0.25, -0.2) is 4.79 Å². The summed E-state index contributed by atoms with van der Waals surface area (Å²) in [6.07, 6.45) is -1.22. The number of aliphatic hydroxyl groups is 1. The standard InChI is InChI=1S/C12H16N2O6/c1-5-3-14(12(17)13-10(5)16)11-9-8(7(4-15)20-11)18-6(2)19-9/h3,6-9,11,15H,4H2,1-2H3,(H,13,16,17)/t6?,7-,8-,9-,11-/m1/s1. The molecule has 0 aliphatic carbocycles. The molecule has 2 fully saturated rings. The van der Waals surface area contributed by atoms with Gasteiger partial charge >= 0.3 is 5.69 Å². The van der Waals surface area contributed by atoms with Crippen molar-refractivity contribution in [2.45, 2.75) is 44.7 Å². The highest BCUT2D eigenvalue weighted by Gasteiger charge is 2.52. The average molecular weight is 284 g/mol. The van der Waals surface area contributed by atoms with Gasteiger partial charge in [-0.05, 0) is 13.8 Å². The summed E-state index contributed by atoms with van der Waals surface area (Å²) in [5, 5.41) is 9.33. The zero-order valence-corrected chi connectivity index (χ0v) is 11.1. The van der Waals surface area contributed by atoms with E-state index in [4.69, 9.17) is 14.2 Å². The molecule has 5 atom stereocenters. The van der Waals surface area contributed by atoms with Crippen molar-refractivity contribution in [2.75, 3.05) is 6.61 Å². The maximum Gasteiger partial charge on any atom is 0.330 e. The van der Waals surface area contributed by atoms with E-state index in [1.807, 2.05) is 0 Å². The number of aliphatic hydroxyl groups excluding tert-OH is 1. The fraction of sp³-hybridized carbons (Fsp3) is 0.667. The van der Waals surface area contributed by atoms with E-state index < -0.39 is 42.1 Å². The zero-order valence-electron chi connectivity index (χ0n) is 11.1. The third-order valence-electron chi connectivity index (χ3n) is 3.58. The van der Waals surface area contributed by atoms with Crippen LogP contribution in [0.1, 0.15) is 18.7 Å². The van der Waals surface area contributed by atoms with Crippen LogP contribution in [-0.2, 0) is 14.2 Å². The first-order valence-electron chi connectivity index (χ1n) is 6.40. The van der Waals surface area contributed by atoms with Crippen molar-refractivity contribution in [3.8, 4) is 0 Å². The molecule has 2 aliphatic heterocycles. The average Bonchev–Trinajstić information content (AvgIpc) is 2.91. The number of fused-ring (bicyclic) bond motifs is 1. The van der Waals surface area contributed by atoms with Crippen LogP contribution in [0, 0.1) is 6.92 Å². The Kier molecular flexibility index (Phi) is 3.25. The molecule has 20 heavy (non-hydrogen) atoms. The normalized spacial score (nSPS) is 36.2. The van der Waals surface area contributed by atoms with Crippen LogP contribution in [0.2, 0.25) is 0 Å². The van der Waals surface area contributed by atoms with Gasteiger partial charge in [0.2, 0.25) is 0 Å². The Bertz CT molecular complexity index is 623. The molecule has 3 heterocycles.